The normalized spacial score (nSPS) is 13.5. The van der Waals surface area contributed by atoms with E-state index in [9.17, 15) is 10.2 Å². The first kappa shape index (κ1) is 46.5. The van der Waals surface area contributed by atoms with Gasteiger partial charge < -0.3 is 29.2 Å². The molecule has 0 spiro atoms. The van der Waals surface area contributed by atoms with E-state index in [0.29, 0.717) is 65.3 Å². The van der Waals surface area contributed by atoms with E-state index in [1.54, 1.807) is 12.2 Å². The number of fused-ring (bicyclic) bond motifs is 8. The Morgan fingerprint density at radius 1 is 0.417 bits per heavy atom. The van der Waals surface area contributed by atoms with Crippen molar-refractivity contribution in [3.05, 3.63) is 141 Å². The van der Waals surface area contributed by atoms with Crippen LogP contribution in [-0.2, 0) is 56.8 Å². The fraction of sp³-hybridized carbons (Fsp3) is 0.481. The van der Waals surface area contributed by atoms with Crippen molar-refractivity contribution < 1.29 is 29.2 Å². The lowest BCUT2D eigenvalue weighted by atomic mass is 9.79. The molecule has 1 aliphatic carbocycles. The maximum atomic E-state index is 12.5. The van der Waals surface area contributed by atoms with Gasteiger partial charge in [0.05, 0.1) is 26.4 Å². The summed E-state index contributed by atoms with van der Waals surface area (Å²) in [6.45, 7) is 36.6. The predicted octanol–water partition coefficient (Wildman–Crippen LogP) is 12.1. The molecule has 0 fully saturated rings. The van der Waals surface area contributed by atoms with Crippen molar-refractivity contribution in [2.24, 2.45) is 0 Å². The summed E-state index contributed by atoms with van der Waals surface area (Å²) >= 11 is 0. The van der Waals surface area contributed by atoms with Crippen LogP contribution in [0.3, 0.4) is 0 Å². The number of phenolic OH excluding ortho intramolecular Hbond substituents is 2. The molecule has 6 nitrogen and oxygen atoms in total. The molecule has 1 aliphatic rings. The zero-order valence-corrected chi connectivity index (χ0v) is 38.8. The highest BCUT2D eigenvalue weighted by Gasteiger charge is 2.28. The first-order chi connectivity index (χ1) is 28.0. The van der Waals surface area contributed by atoms with E-state index in [0.717, 1.165) is 78.3 Å². The Kier molecular flexibility index (Phi) is 14.4. The lowest BCUT2D eigenvalue weighted by molar-refractivity contribution is 0.120. The van der Waals surface area contributed by atoms with Gasteiger partial charge in [0, 0.05) is 25.7 Å². The molecular formula is C54H72O6. The lowest BCUT2D eigenvalue weighted by Crippen LogP contribution is -2.17. The maximum Gasteiger partial charge on any atom is 0.126 e. The van der Waals surface area contributed by atoms with Gasteiger partial charge in [0.1, 0.15) is 36.2 Å². The SMILES string of the molecule is C=CCOCCOc1c2cc(C(C)(C)C)cc1Cc1cc(C(C)(C)C)cc(c1O)Cc1cc(C(C)(C)C)cc(c1OCCOCC=C)Cc1cc(C(C)(C)C)cc(c1O)C2. The topological polar surface area (TPSA) is 77.4 Å². The van der Waals surface area contributed by atoms with E-state index in [2.05, 4.69) is 145 Å². The zero-order chi connectivity index (χ0) is 44.2. The summed E-state index contributed by atoms with van der Waals surface area (Å²) in [4.78, 5) is 0. The molecule has 0 heterocycles. The van der Waals surface area contributed by atoms with Gasteiger partial charge in [0.15, 0.2) is 0 Å². The standard InChI is InChI=1S/C54H72O6/c1-15-17-57-19-21-59-49-39-23-35-27-43(51(3,4)5)29-37(47(35)55)25-41-33-46(54(12,13)14)34-42(50(41)60-22-20-58-18-16-2)26-38-30-44(52(6,7)8)28-36(48(38)56)24-40(49)32-45(31-39)53(9,10)11/h15-16,27-34,55-56H,1-2,17-26H2,3-14H3. The van der Waals surface area contributed by atoms with Gasteiger partial charge in [-0.05, 0) is 88.4 Å². The number of hydrogen-bond acceptors (Lipinski definition) is 6. The number of hydrogen-bond donors (Lipinski definition) is 2. The van der Waals surface area contributed by atoms with Gasteiger partial charge >= 0.3 is 0 Å². The van der Waals surface area contributed by atoms with Gasteiger partial charge in [0.2, 0.25) is 0 Å². The number of rotatable bonds is 12. The van der Waals surface area contributed by atoms with Crippen molar-refractivity contribution in [1.29, 1.82) is 0 Å². The van der Waals surface area contributed by atoms with Gasteiger partial charge in [-0.1, -0.05) is 144 Å². The number of ether oxygens (including phenoxy) is 4. The van der Waals surface area contributed by atoms with Crippen molar-refractivity contribution in [2.45, 2.75) is 130 Å². The van der Waals surface area contributed by atoms with Crippen molar-refractivity contribution in [2.75, 3.05) is 39.6 Å². The molecule has 0 atom stereocenters. The second-order valence-corrected chi connectivity index (χ2v) is 20.7. The highest BCUT2D eigenvalue weighted by atomic mass is 16.5. The molecule has 0 saturated carbocycles. The van der Waals surface area contributed by atoms with Gasteiger partial charge in [-0.25, -0.2) is 0 Å². The van der Waals surface area contributed by atoms with E-state index >= 15 is 0 Å². The Morgan fingerprint density at radius 3 is 0.867 bits per heavy atom. The summed E-state index contributed by atoms with van der Waals surface area (Å²) in [5, 5.41) is 24.9. The van der Waals surface area contributed by atoms with Crippen LogP contribution in [0.5, 0.6) is 23.0 Å². The van der Waals surface area contributed by atoms with E-state index in [4.69, 9.17) is 18.9 Å². The van der Waals surface area contributed by atoms with Crippen molar-refractivity contribution >= 4 is 0 Å². The van der Waals surface area contributed by atoms with Gasteiger partial charge in [-0.3, -0.25) is 0 Å². The second kappa shape index (κ2) is 18.6. The van der Waals surface area contributed by atoms with Crippen LogP contribution in [0.1, 0.15) is 150 Å². The smallest absolute Gasteiger partial charge is 0.126 e. The minimum atomic E-state index is -0.191. The molecule has 0 aromatic heterocycles. The van der Waals surface area contributed by atoms with E-state index in [-0.39, 0.29) is 33.2 Å². The minimum Gasteiger partial charge on any atom is -0.507 e. The summed E-state index contributed by atoms with van der Waals surface area (Å²) in [6, 6.07) is 17.6. The molecule has 4 aromatic rings. The molecule has 0 aliphatic heterocycles. The molecule has 0 amide bonds. The monoisotopic (exact) mass is 817 g/mol. The fourth-order valence-electron chi connectivity index (χ4n) is 7.76. The highest BCUT2D eigenvalue weighted by molar-refractivity contribution is 5.59. The van der Waals surface area contributed by atoms with Crippen LogP contribution in [0.15, 0.2) is 73.8 Å². The van der Waals surface area contributed by atoms with Crippen molar-refractivity contribution in [3.63, 3.8) is 0 Å². The molecule has 60 heavy (non-hydrogen) atoms. The molecule has 5 rings (SSSR count). The van der Waals surface area contributed by atoms with Crippen LogP contribution in [-0.4, -0.2) is 49.9 Å². The Morgan fingerprint density at radius 2 is 0.650 bits per heavy atom. The first-order valence-electron chi connectivity index (χ1n) is 21.7. The van der Waals surface area contributed by atoms with E-state index < -0.39 is 0 Å². The van der Waals surface area contributed by atoms with E-state index in [1.807, 2.05) is 0 Å². The van der Waals surface area contributed by atoms with Crippen molar-refractivity contribution in [3.8, 4) is 23.0 Å². The van der Waals surface area contributed by atoms with Crippen molar-refractivity contribution in [1.82, 2.24) is 0 Å². The largest absolute Gasteiger partial charge is 0.507 e. The zero-order valence-electron chi connectivity index (χ0n) is 38.8. The molecule has 6 heteroatoms. The third-order valence-corrected chi connectivity index (χ3v) is 11.4. The second-order valence-electron chi connectivity index (χ2n) is 20.7. The summed E-state index contributed by atoms with van der Waals surface area (Å²) in [5.74, 6) is 2.07. The molecule has 4 aromatic carbocycles. The van der Waals surface area contributed by atoms with Crippen LogP contribution in [0.2, 0.25) is 0 Å². The minimum absolute atomic E-state index is 0.183. The number of benzene rings is 4. The predicted molar refractivity (Wildman–Crippen MR) is 248 cm³/mol. The molecule has 0 unspecified atom stereocenters. The van der Waals surface area contributed by atoms with Crippen LogP contribution < -0.4 is 9.47 Å². The lowest BCUT2D eigenvalue weighted by Gasteiger charge is -2.28. The summed E-state index contributed by atoms with van der Waals surface area (Å²) in [5.41, 5.74) is 11.1. The average Bonchev–Trinajstić information content (AvgIpc) is 3.13. The maximum absolute atomic E-state index is 12.5. The third-order valence-electron chi connectivity index (χ3n) is 11.4. The molecule has 2 N–H and O–H groups in total. The first-order valence-corrected chi connectivity index (χ1v) is 21.7. The molecule has 8 bridgehead atoms. The highest BCUT2D eigenvalue weighted by Crippen LogP contribution is 2.43. The van der Waals surface area contributed by atoms with E-state index in [1.165, 1.54) is 0 Å². The molecule has 0 radical (unpaired) electrons. The number of aromatic hydroxyl groups is 2. The average molecular weight is 817 g/mol. The summed E-state index contributed by atoms with van der Waals surface area (Å²) in [7, 11) is 0. The Balaban J connectivity index is 1.89. The van der Waals surface area contributed by atoms with Gasteiger partial charge in [-0.2, -0.15) is 0 Å². The van der Waals surface area contributed by atoms with Gasteiger partial charge in [-0.15, -0.1) is 13.2 Å². The summed E-state index contributed by atoms with van der Waals surface area (Å²) < 4.78 is 25.1. The van der Waals surface area contributed by atoms with Gasteiger partial charge in [0.25, 0.3) is 0 Å². The Hall–Kier alpha value is -4.52. The fourth-order valence-corrected chi connectivity index (χ4v) is 7.76. The molecule has 324 valence electrons. The quantitative estimate of drug-likeness (QED) is 0.0965. The molecular weight excluding hydrogens is 745 g/mol. The Labute approximate surface area is 361 Å². The van der Waals surface area contributed by atoms with Crippen LogP contribution in [0.4, 0.5) is 0 Å². The van der Waals surface area contributed by atoms with Crippen LogP contribution >= 0.6 is 0 Å². The third kappa shape index (κ3) is 11.4. The van der Waals surface area contributed by atoms with Crippen LogP contribution in [0.25, 0.3) is 0 Å². The number of phenols is 2. The Bertz CT molecular complexity index is 1910. The summed E-state index contributed by atoms with van der Waals surface area (Å²) in [6.07, 6.45) is 5.25. The van der Waals surface area contributed by atoms with Crippen LogP contribution in [0, 0.1) is 0 Å². The molecule has 0 saturated heterocycles.